The quantitative estimate of drug-likeness (QED) is 0.543. The summed E-state index contributed by atoms with van der Waals surface area (Å²) in [6.45, 7) is 6.21. The smallest absolute Gasteiger partial charge is 0.00117 e. The summed E-state index contributed by atoms with van der Waals surface area (Å²) in [6, 6.07) is 0. The van der Waals surface area contributed by atoms with Crippen LogP contribution in [0, 0.1) is 0 Å². The molecule has 0 unspecified atom stereocenters. The number of rotatable bonds is 1. The Labute approximate surface area is 62.7 Å². The normalized spacial score (nSPS) is 16.1. The van der Waals surface area contributed by atoms with E-state index in [1.54, 1.807) is 4.91 Å². The topological polar surface area (TPSA) is 0 Å². The van der Waals surface area contributed by atoms with Gasteiger partial charge in [-0.25, -0.2) is 0 Å². The molecule has 0 radical (unpaired) electrons. The van der Waals surface area contributed by atoms with Gasteiger partial charge in [-0.05, 0) is 17.7 Å². The zero-order chi connectivity index (χ0) is 7.11. The van der Waals surface area contributed by atoms with Gasteiger partial charge < -0.3 is 0 Å². The molecule has 0 aromatic rings. The number of allylic oxidation sites excluding steroid dienone is 2. The third-order valence-corrected chi connectivity index (χ3v) is 2.39. The largest absolute Gasteiger partial charge is 0.131 e. The fraction of sp³-hybridized carbons (Fsp3) is 0.750. The lowest BCUT2D eigenvalue weighted by atomic mass is 10.4. The maximum Gasteiger partial charge on any atom is 0.00117 e. The highest BCUT2D eigenvalue weighted by Crippen LogP contribution is 2.26. The lowest BCUT2D eigenvalue weighted by molar-refractivity contribution is 1.18. The van der Waals surface area contributed by atoms with Crippen LogP contribution >= 0.6 is 11.8 Å². The van der Waals surface area contributed by atoms with Crippen LogP contribution in [0.2, 0.25) is 0 Å². The summed E-state index contributed by atoms with van der Waals surface area (Å²) >= 11 is 2.00. The van der Waals surface area contributed by atoms with Gasteiger partial charge in [-0.3, -0.25) is 0 Å². The van der Waals surface area contributed by atoms with Crippen molar-refractivity contribution in [1.82, 2.24) is 0 Å². The Kier molecular flexibility index (Phi) is 6.28. The molecule has 0 spiro atoms. The maximum absolute atomic E-state index is 2.34. The number of hydrogen-bond donors (Lipinski definition) is 0. The van der Waals surface area contributed by atoms with Gasteiger partial charge >= 0.3 is 0 Å². The average molecular weight is 144 g/mol. The van der Waals surface area contributed by atoms with Gasteiger partial charge in [-0.2, -0.15) is 0 Å². The van der Waals surface area contributed by atoms with Crippen molar-refractivity contribution in [3.8, 4) is 0 Å². The van der Waals surface area contributed by atoms with Crippen LogP contribution in [-0.2, 0) is 0 Å². The minimum atomic E-state index is 1.24. The van der Waals surface area contributed by atoms with Crippen LogP contribution in [0.15, 0.2) is 11.0 Å². The van der Waals surface area contributed by atoms with E-state index >= 15 is 0 Å². The van der Waals surface area contributed by atoms with E-state index in [-0.39, 0.29) is 0 Å². The third-order valence-electron chi connectivity index (χ3n) is 1.13. The highest BCUT2D eigenvalue weighted by molar-refractivity contribution is 8.03. The highest BCUT2D eigenvalue weighted by Gasteiger charge is 1.99. The minimum absolute atomic E-state index is 1.24. The Balaban J connectivity index is 0.000000291. The molecule has 0 bridgehead atoms. The molecule has 9 heavy (non-hydrogen) atoms. The van der Waals surface area contributed by atoms with E-state index in [9.17, 15) is 0 Å². The van der Waals surface area contributed by atoms with E-state index in [1.807, 2.05) is 25.6 Å². The third kappa shape index (κ3) is 3.63. The molecule has 0 fully saturated rings. The molecule has 0 aromatic heterocycles. The molecule has 0 atom stereocenters. The summed E-state index contributed by atoms with van der Waals surface area (Å²) in [6.07, 6.45) is 4.88. The molecule has 0 N–H and O–H groups in total. The lowest BCUT2D eigenvalue weighted by Gasteiger charge is -1.88. The Morgan fingerprint density at radius 1 is 1.56 bits per heavy atom. The van der Waals surface area contributed by atoms with Gasteiger partial charge in [0.15, 0.2) is 0 Å². The van der Waals surface area contributed by atoms with Crippen molar-refractivity contribution in [1.29, 1.82) is 0 Å². The Bertz CT molecular complexity index is 84.6. The first-order valence-corrected chi connectivity index (χ1v) is 4.74. The minimum Gasteiger partial charge on any atom is -0.131 e. The van der Waals surface area contributed by atoms with Gasteiger partial charge in [0.25, 0.3) is 0 Å². The van der Waals surface area contributed by atoms with Gasteiger partial charge in [0, 0.05) is 5.75 Å². The molecule has 0 aromatic carbocycles. The molecule has 1 aliphatic heterocycles. The van der Waals surface area contributed by atoms with Crippen molar-refractivity contribution in [3.63, 3.8) is 0 Å². The summed E-state index contributed by atoms with van der Waals surface area (Å²) < 4.78 is 0. The second-order valence-corrected chi connectivity index (χ2v) is 2.88. The van der Waals surface area contributed by atoms with Crippen molar-refractivity contribution in [3.05, 3.63) is 11.0 Å². The summed E-state index contributed by atoms with van der Waals surface area (Å²) in [4.78, 5) is 1.58. The standard InChI is InChI=1S/C6H10S.C2H6/c1-2-6-4-3-5-7-6;1-2/h4H,2-3,5H2,1H3;1-2H3. The van der Waals surface area contributed by atoms with Crippen LogP contribution in [0.4, 0.5) is 0 Å². The van der Waals surface area contributed by atoms with Crippen molar-refractivity contribution in [2.24, 2.45) is 0 Å². The predicted octanol–water partition coefficient (Wildman–Crippen LogP) is 3.44. The van der Waals surface area contributed by atoms with E-state index in [4.69, 9.17) is 0 Å². The summed E-state index contributed by atoms with van der Waals surface area (Å²) in [5.41, 5.74) is 0. The van der Waals surface area contributed by atoms with Crippen molar-refractivity contribution in [2.45, 2.75) is 33.6 Å². The van der Waals surface area contributed by atoms with E-state index in [1.165, 1.54) is 18.6 Å². The second kappa shape index (κ2) is 6.21. The Hall–Kier alpha value is 0.0900. The molecule has 0 nitrogen and oxygen atoms in total. The first-order valence-electron chi connectivity index (χ1n) is 3.75. The van der Waals surface area contributed by atoms with Crippen LogP contribution in [0.5, 0.6) is 0 Å². The first kappa shape index (κ1) is 9.09. The van der Waals surface area contributed by atoms with E-state index in [0.29, 0.717) is 0 Å². The summed E-state index contributed by atoms with van der Waals surface area (Å²) in [5, 5.41) is 0. The Morgan fingerprint density at radius 3 is 2.44 bits per heavy atom. The molecule has 54 valence electrons. The SMILES string of the molecule is CC.CCC1=CCCS1. The number of thioether (sulfide) groups is 1. The van der Waals surface area contributed by atoms with Gasteiger partial charge in [0.1, 0.15) is 0 Å². The lowest BCUT2D eigenvalue weighted by Crippen LogP contribution is -1.62. The molecule has 1 heterocycles. The van der Waals surface area contributed by atoms with Crippen molar-refractivity contribution < 1.29 is 0 Å². The average Bonchev–Trinajstić information content (AvgIpc) is 2.43. The van der Waals surface area contributed by atoms with Crippen LogP contribution < -0.4 is 0 Å². The van der Waals surface area contributed by atoms with E-state index in [2.05, 4.69) is 13.0 Å². The molecule has 0 amide bonds. The molecule has 1 aliphatic rings. The monoisotopic (exact) mass is 144 g/mol. The van der Waals surface area contributed by atoms with Gasteiger partial charge in [0.2, 0.25) is 0 Å². The van der Waals surface area contributed by atoms with Crippen LogP contribution in [-0.4, -0.2) is 5.75 Å². The van der Waals surface area contributed by atoms with Crippen molar-refractivity contribution in [2.75, 3.05) is 5.75 Å². The molecule has 0 aliphatic carbocycles. The van der Waals surface area contributed by atoms with Gasteiger partial charge in [-0.15, -0.1) is 11.8 Å². The fourth-order valence-electron chi connectivity index (χ4n) is 0.715. The molecular weight excluding hydrogens is 128 g/mol. The summed E-state index contributed by atoms with van der Waals surface area (Å²) in [5.74, 6) is 1.32. The van der Waals surface area contributed by atoms with Crippen LogP contribution in [0.1, 0.15) is 33.6 Å². The molecule has 1 heteroatoms. The van der Waals surface area contributed by atoms with Gasteiger partial charge in [0.05, 0.1) is 0 Å². The molecule has 0 saturated carbocycles. The highest BCUT2D eigenvalue weighted by atomic mass is 32.2. The second-order valence-electron chi connectivity index (χ2n) is 1.66. The predicted molar refractivity (Wildman–Crippen MR) is 46.8 cm³/mol. The first-order chi connectivity index (χ1) is 4.43. The van der Waals surface area contributed by atoms with Gasteiger partial charge in [-0.1, -0.05) is 26.8 Å². The van der Waals surface area contributed by atoms with Crippen LogP contribution in [0.3, 0.4) is 0 Å². The molecule has 0 saturated heterocycles. The van der Waals surface area contributed by atoms with Crippen molar-refractivity contribution >= 4 is 11.8 Å². The molecule has 1 rings (SSSR count). The zero-order valence-corrected chi connectivity index (χ0v) is 7.42. The van der Waals surface area contributed by atoms with E-state index < -0.39 is 0 Å². The summed E-state index contributed by atoms with van der Waals surface area (Å²) in [7, 11) is 0. The number of hydrogen-bond acceptors (Lipinski definition) is 1. The van der Waals surface area contributed by atoms with E-state index in [0.717, 1.165) is 0 Å². The maximum atomic E-state index is 2.34. The zero-order valence-electron chi connectivity index (χ0n) is 6.61. The van der Waals surface area contributed by atoms with Crippen LogP contribution in [0.25, 0.3) is 0 Å². The fourth-order valence-corrected chi connectivity index (χ4v) is 1.65. The Morgan fingerprint density at radius 2 is 2.22 bits per heavy atom. The molecular formula is C8H16S.